The number of H-pyrrole nitrogens is 1. The highest BCUT2D eigenvalue weighted by atomic mass is 16.5. The van der Waals surface area contributed by atoms with Gasteiger partial charge in [0.15, 0.2) is 0 Å². The molecule has 0 radical (unpaired) electrons. The third kappa shape index (κ3) is 1.55. The molecule has 1 aliphatic heterocycles. The van der Waals surface area contributed by atoms with Gasteiger partial charge in [-0.2, -0.15) is 5.10 Å². The summed E-state index contributed by atoms with van der Waals surface area (Å²) >= 11 is 0. The van der Waals surface area contributed by atoms with Gasteiger partial charge < -0.3 is 9.84 Å². The molecule has 0 saturated heterocycles. The molecule has 0 atom stereocenters. The summed E-state index contributed by atoms with van der Waals surface area (Å²) in [5, 5.41) is 15.5. The van der Waals surface area contributed by atoms with Gasteiger partial charge in [-0.3, -0.25) is 5.10 Å². The van der Waals surface area contributed by atoms with E-state index in [1.165, 1.54) is 0 Å². The van der Waals surface area contributed by atoms with Crippen molar-refractivity contribution in [3.05, 3.63) is 35.0 Å². The minimum atomic E-state index is -1.00. The molecule has 0 amide bonds. The van der Waals surface area contributed by atoms with Crippen LogP contribution in [0.2, 0.25) is 0 Å². The first-order chi connectivity index (χ1) is 8.66. The molecular formula is C13H12N2O3. The molecule has 5 heteroatoms. The molecule has 0 unspecified atom stereocenters. The zero-order valence-electron chi connectivity index (χ0n) is 9.86. The lowest BCUT2D eigenvalue weighted by atomic mass is 9.97. The van der Waals surface area contributed by atoms with Crippen LogP contribution < -0.4 is 4.74 Å². The molecule has 0 bridgehead atoms. The number of nitrogens with zero attached hydrogens (tertiary/aromatic N) is 1. The maximum Gasteiger partial charge on any atom is 0.353 e. The van der Waals surface area contributed by atoms with Crippen molar-refractivity contribution >= 4 is 5.97 Å². The largest absolute Gasteiger partial charge is 0.493 e. The van der Waals surface area contributed by atoms with Crippen molar-refractivity contribution in [3.63, 3.8) is 0 Å². The summed E-state index contributed by atoms with van der Waals surface area (Å²) in [5.74, 6) is -0.134. The summed E-state index contributed by atoms with van der Waals surface area (Å²) in [4.78, 5) is 10.9. The fraction of sp³-hybridized carbons (Fsp3) is 0.231. The van der Waals surface area contributed by atoms with E-state index in [9.17, 15) is 4.79 Å². The zero-order chi connectivity index (χ0) is 12.7. The van der Waals surface area contributed by atoms with Crippen molar-refractivity contribution in [2.45, 2.75) is 13.3 Å². The molecule has 18 heavy (non-hydrogen) atoms. The SMILES string of the molecule is Cc1ccc2c(c1-c1cc(C(=O)O)[nH]n1)CCO2. The molecule has 0 spiro atoms. The molecule has 0 aliphatic carbocycles. The van der Waals surface area contributed by atoms with E-state index >= 15 is 0 Å². The number of aromatic nitrogens is 2. The summed E-state index contributed by atoms with van der Waals surface area (Å²) in [5.41, 5.74) is 3.92. The number of carbonyl (C=O) groups is 1. The van der Waals surface area contributed by atoms with Gasteiger partial charge in [0, 0.05) is 17.5 Å². The maximum absolute atomic E-state index is 10.9. The number of rotatable bonds is 2. The predicted octanol–water partition coefficient (Wildman–Crippen LogP) is 2.02. The first kappa shape index (κ1) is 10.8. The Kier molecular flexibility index (Phi) is 2.33. The summed E-state index contributed by atoms with van der Waals surface area (Å²) in [6.45, 7) is 2.66. The number of ether oxygens (including phenoxy) is 1. The van der Waals surface area contributed by atoms with E-state index in [4.69, 9.17) is 9.84 Å². The third-order valence-corrected chi connectivity index (χ3v) is 3.15. The third-order valence-electron chi connectivity index (χ3n) is 3.15. The van der Waals surface area contributed by atoms with Crippen molar-refractivity contribution in [1.82, 2.24) is 10.2 Å². The average molecular weight is 244 g/mol. The molecule has 2 N–H and O–H groups in total. The van der Waals surface area contributed by atoms with Crippen LogP contribution in [0.4, 0.5) is 0 Å². The van der Waals surface area contributed by atoms with Crippen LogP contribution in [0, 0.1) is 6.92 Å². The minimum Gasteiger partial charge on any atom is -0.493 e. The molecule has 1 aliphatic rings. The van der Waals surface area contributed by atoms with Gasteiger partial charge in [-0.15, -0.1) is 0 Å². The summed E-state index contributed by atoms with van der Waals surface area (Å²) in [7, 11) is 0. The molecule has 3 rings (SSSR count). The first-order valence-corrected chi connectivity index (χ1v) is 5.71. The Morgan fingerprint density at radius 2 is 2.33 bits per heavy atom. The number of aromatic carboxylic acids is 1. The quantitative estimate of drug-likeness (QED) is 0.847. The number of fused-ring (bicyclic) bond motifs is 1. The smallest absolute Gasteiger partial charge is 0.353 e. The number of nitrogens with one attached hydrogen (secondary N) is 1. The first-order valence-electron chi connectivity index (χ1n) is 5.71. The predicted molar refractivity (Wildman–Crippen MR) is 64.9 cm³/mol. The molecule has 5 nitrogen and oxygen atoms in total. The molecule has 0 saturated carbocycles. The second-order valence-corrected chi connectivity index (χ2v) is 4.30. The van der Waals surface area contributed by atoms with Crippen LogP contribution >= 0.6 is 0 Å². The monoisotopic (exact) mass is 244 g/mol. The highest BCUT2D eigenvalue weighted by Crippen LogP contribution is 2.36. The number of carboxylic acid groups (broad SMARTS) is 1. The number of aromatic amines is 1. The number of hydrogen-bond acceptors (Lipinski definition) is 3. The van der Waals surface area contributed by atoms with Crippen LogP contribution in [-0.2, 0) is 6.42 Å². The van der Waals surface area contributed by atoms with Crippen LogP contribution in [0.5, 0.6) is 5.75 Å². The summed E-state index contributed by atoms with van der Waals surface area (Å²) < 4.78 is 5.52. The Morgan fingerprint density at radius 1 is 1.50 bits per heavy atom. The van der Waals surface area contributed by atoms with Gasteiger partial charge in [0.05, 0.1) is 12.3 Å². The van der Waals surface area contributed by atoms with Crippen molar-refractivity contribution in [2.75, 3.05) is 6.61 Å². The standard InChI is InChI=1S/C13H12N2O3/c1-7-2-3-11-8(4-5-18-11)12(7)9-6-10(13(16)17)15-14-9/h2-3,6H,4-5H2,1H3,(H,14,15)(H,16,17). The van der Waals surface area contributed by atoms with Gasteiger partial charge in [-0.1, -0.05) is 6.07 Å². The number of aryl methyl sites for hydroxylation is 1. The lowest BCUT2D eigenvalue weighted by Crippen LogP contribution is -1.95. The number of carboxylic acids is 1. The zero-order valence-corrected chi connectivity index (χ0v) is 9.86. The molecule has 0 fully saturated rings. The van der Waals surface area contributed by atoms with E-state index in [2.05, 4.69) is 10.2 Å². The summed E-state index contributed by atoms with van der Waals surface area (Å²) in [6.07, 6.45) is 0.835. The van der Waals surface area contributed by atoms with E-state index in [-0.39, 0.29) is 5.69 Å². The van der Waals surface area contributed by atoms with Crippen LogP contribution in [-0.4, -0.2) is 27.9 Å². The summed E-state index contributed by atoms with van der Waals surface area (Å²) in [6, 6.07) is 5.48. The fourth-order valence-electron chi connectivity index (χ4n) is 2.31. The van der Waals surface area contributed by atoms with Gasteiger partial charge in [-0.05, 0) is 24.6 Å². The minimum absolute atomic E-state index is 0.0981. The van der Waals surface area contributed by atoms with Crippen molar-refractivity contribution in [1.29, 1.82) is 0 Å². The van der Waals surface area contributed by atoms with Crippen LogP contribution in [0.1, 0.15) is 21.6 Å². The highest BCUT2D eigenvalue weighted by Gasteiger charge is 2.21. The molecule has 1 aromatic heterocycles. The molecular weight excluding hydrogens is 232 g/mol. The lowest BCUT2D eigenvalue weighted by Gasteiger charge is -2.07. The van der Waals surface area contributed by atoms with Crippen molar-refractivity contribution in [3.8, 4) is 17.0 Å². The average Bonchev–Trinajstić information content (AvgIpc) is 2.95. The number of hydrogen-bond donors (Lipinski definition) is 2. The number of benzene rings is 1. The Labute approximate surface area is 103 Å². The molecule has 92 valence electrons. The normalized spacial score (nSPS) is 13.2. The van der Waals surface area contributed by atoms with Gasteiger partial charge >= 0.3 is 5.97 Å². The van der Waals surface area contributed by atoms with Crippen LogP contribution in [0.3, 0.4) is 0 Å². The topological polar surface area (TPSA) is 75.2 Å². The fourth-order valence-corrected chi connectivity index (χ4v) is 2.31. The van der Waals surface area contributed by atoms with Crippen LogP contribution in [0.15, 0.2) is 18.2 Å². The second-order valence-electron chi connectivity index (χ2n) is 4.30. The van der Waals surface area contributed by atoms with Gasteiger partial charge in [0.2, 0.25) is 0 Å². The van der Waals surface area contributed by atoms with Crippen molar-refractivity contribution < 1.29 is 14.6 Å². The second kappa shape index (κ2) is 3.87. The van der Waals surface area contributed by atoms with Gasteiger partial charge in [0.25, 0.3) is 0 Å². The van der Waals surface area contributed by atoms with E-state index in [1.807, 2.05) is 19.1 Å². The Morgan fingerprint density at radius 3 is 3.06 bits per heavy atom. The molecule has 2 heterocycles. The Hall–Kier alpha value is -2.30. The van der Waals surface area contributed by atoms with Gasteiger partial charge in [-0.25, -0.2) is 4.79 Å². The molecule has 1 aromatic carbocycles. The highest BCUT2D eigenvalue weighted by molar-refractivity contribution is 5.87. The van der Waals surface area contributed by atoms with E-state index in [0.29, 0.717) is 12.3 Å². The lowest BCUT2D eigenvalue weighted by molar-refractivity contribution is 0.0690. The van der Waals surface area contributed by atoms with E-state index in [1.54, 1.807) is 6.07 Å². The maximum atomic E-state index is 10.9. The van der Waals surface area contributed by atoms with E-state index < -0.39 is 5.97 Å². The van der Waals surface area contributed by atoms with Crippen LogP contribution in [0.25, 0.3) is 11.3 Å². The Bertz CT molecular complexity index is 631. The van der Waals surface area contributed by atoms with Gasteiger partial charge in [0.1, 0.15) is 11.4 Å². The van der Waals surface area contributed by atoms with E-state index in [0.717, 1.165) is 28.9 Å². The molecule has 2 aromatic rings. The Balaban J connectivity index is 2.16. The van der Waals surface area contributed by atoms with Crippen molar-refractivity contribution in [2.24, 2.45) is 0 Å².